The third-order valence-electron chi connectivity index (χ3n) is 11.4. The Balaban J connectivity index is 1.50. The van der Waals surface area contributed by atoms with Crippen molar-refractivity contribution in [1.82, 2.24) is 4.65 Å². The van der Waals surface area contributed by atoms with Crippen LogP contribution in [0.1, 0.15) is 66.8 Å². The summed E-state index contributed by atoms with van der Waals surface area (Å²) in [6.07, 6.45) is 0. The molecule has 0 amide bonds. The van der Waals surface area contributed by atoms with E-state index >= 15 is 0 Å². The summed E-state index contributed by atoms with van der Waals surface area (Å²) in [7, 11) is -4.81. The fourth-order valence-corrected chi connectivity index (χ4v) is 18.6. The van der Waals surface area contributed by atoms with E-state index < -0.39 is 16.8 Å². The van der Waals surface area contributed by atoms with Gasteiger partial charge in [0.15, 0.2) is 0 Å². The standard InChI is InChI=1S/C52H65N3Si2/c1-31-23-35(5)47(36(6)24-31)43-19-17-20-44(48-37(7)25-32(2)26-38(48)8)51(43)53-56(13,14)55-57(15,16)54-52-45(49-39(9)27-33(3)28-40(49)10)21-18-22-46(52)50-41(11)29-34(4)30-42(50)12/h17-30,53-55H,1-16H3. The lowest BCUT2D eigenvalue weighted by Gasteiger charge is -2.38. The molecule has 0 spiro atoms. The molecule has 3 N–H and O–H groups in total. The van der Waals surface area contributed by atoms with Gasteiger partial charge in [-0.25, -0.2) is 0 Å². The van der Waals surface area contributed by atoms with Gasteiger partial charge in [0.1, 0.15) is 0 Å². The molecule has 0 radical (unpaired) electrons. The van der Waals surface area contributed by atoms with Gasteiger partial charge in [0.05, 0.1) is 0 Å². The van der Waals surface area contributed by atoms with Gasteiger partial charge in [-0.15, -0.1) is 0 Å². The van der Waals surface area contributed by atoms with Gasteiger partial charge < -0.3 is 14.6 Å². The van der Waals surface area contributed by atoms with Gasteiger partial charge in [-0.2, -0.15) is 0 Å². The second kappa shape index (κ2) is 15.9. The quantitative estimate of drug-likeness (QED) is 0.121. The molecule has 0 saturated carbocycles. The van der Waals surface area contributed by atoms with Crippen LogP contribution in [0.25, 0.3) is 44.5 Å². The Morgan fingerprint density at radius 3 is 0.702 bits per heavy atom. The fraction of sp³-hybridized carbons (Fsp3) is 0.308. The Kier molecular flexibility index (Phi) is 11.7. The van der Waals surface area contributed by atoms with Gasteiger partial charge in [-0.1, -0.05) is 107 Å². The molecule has 0 heterocycles. The molecule has 0 fully saturated rings. The van der Waals surface area contributed by atoms with Gasteiger partial charge in [-0.3, -0.25) is 0 Å². The highest BCUT2D eigenvalue weighted by atomic mass is 28.4. The average molecular weight is 788 g/mol. The van der Waals surface area contributed by atoms with Crippen LogP contribution in [0.15, 0.2) is 84.9 Å². The molecule has 3 nitrogen and oxygen atoms in total. The summed E-state index contributed by atoms with van der Waals surface area (Å²) >= 11 is 0. The molecule has 6 aromatic carbocycles. The zero-order valence-electron chi connectivity index (χ0n) is 37.6. The predicted octanol–water partition coefficient (Wildman–Crippen LogP) is 14.6. The van der Waals surface area contributed by atoms with Crippen molar-refractivity contribution < 1.29 is 0 Å². The Labute approximate surface area is 346 Å². The molecule has 0 aromatic heterocycles. The molecule has 0 bridgehead atoms. The summed E-state index contributed by atoms with van der Waals surface area (Å²) in [5.74, 6) is 0. The number of aryl methyl sites for hydroxylation is 12. The minimum atomic E-state index is -2.41. The highest BCUT2D eigenvalue weighted by molar-refractivity contribution is 6.94. The Morgan fingerprint density at radius 2 is 0.509 bits per heavy atom. The van der Waals surface area contributed by atoms with Gasteiger partial charge in [-0.05, 0) is 176 Å². The molecule has 0 unspecified atom stereocenters. The predicted molar refractivity (Wildman–Crippen MR) is 257 cm³/mol. The van der Waals surface area contributed by atoms with Crippen molar-refractivity contribution >= 4 is 28.2 Å². The minimum Gasteiger partial charge on any atom is -0.398 e. The SMILES string of the molecule is Cc1cc(C)c(-c2cccc(-c3c(C)cc(C)cc3C)c2N[Si](C)(C)N[Si](C)(C)Nc2c(-c3c(C)cc(C)cc3C)cccc2-c2c(C)cc(C)cc2C)c(C)c1. The molecule has 6 rings (SSSR count). The fourth-order valence-electron chi connectivity index (χ4n) is 10.1. The summed E-state index contributed by atoms with van der Waals surface area (Å²) in [5.41, 5.74) is 28.4. The highest BCUT2D eigenvalue weighted by Crippen LogP contribution is 2.45. The second-order valence-corrected chi connectivity index (χ2v) is 26.2. The first-order chi connectivity index (χ1) is 26.7. The molecule has 0 aliphatic rings. The van der Waals surface area contributed by atoms with E-state index in [2.05, 4.69) is 209 Å². The molecular weight excluding hydrogens is 723 g/mol. The van der Waals surface area contributed by atoms with E-state index in [1.165, 1.54) is 123 Å². The van der Waals surface area contributed by atoms with Crippen molar-refractivity contribution in [2.24, 2.45) is 0 Å². The zero-order chi connectivity index (χ0) is 41.7. The van der Waals surface area contributed by atoms with E-state index in [0.29, 0.717) is 0 Å². The van der Waals surface area contributed by atoms with Gasteiger partial charge in [0.2, 0.25) is 16.8 Å². The molecule has 6 aromatic rings. The number of hydrogen-bond donors (Lipinski definition) is 3. The lowest BCUT2D eigenvalue weighted by molar-refractivity contribution is 1.27. The molecule has 5 heteroatoms. The first-order valence-corrected chi connectivity index (χ1v) is 26.6. The number of anilines is 2. The first-order valence-electron chi connectivity index (χ1n) is 20.6. The second-order valence-electron chi connectivity index (χ2n) is 18.2. The van der Waals surface area contributed by atoms with Crippen LogP contribution in [0, 0.1) is 83.1 Å². The smallest absolute Gasteiger partial charge is 0.218 e. The zero-order valence-corrected chi connectivity index (χ0v) is 39.6. The van der Waals surface area contributed by atoms with Gasteiger partial charge in [0.25, 0.3) is 0 Å². The van der Waals surface area contributed by atoms with Crippen LogP contribution in [-0.4, -0.2) is 16.8 Å². The van der Waals surface area contributed by atoms with E-state index in [4.69, 9.17) is 0 Å². The van der Waals surface area contributed by atoms with E-state index in [0.717, 1.165) is 0 Å². The van der Waals surface area contributed by atoms with Crippen LogP contribution in [-0.2, 0) is 0 Å². The normalized spacial score (nSPS) is 11.9. The van der Waals surface area contributed by atoms with Crippen molar-refractivity contribution in [2.45, 2.75) is 109 Å². The van der Waals surface area contributed by atoms with Crippen LogP contribution in [0.2, 0.25) is 26.2 Å². The highest BCUT2D eigenvalue weighted by Gasteiger charge is 2.35. The number of para-hydroxylation sites is 2. The Hall–Kier alpha value is -4.69. The third kappa shape index (κ3) is 8.77. The lowest BCUT2D eigenvalue weighted by Crippen LogP contribution is -2.67. The van der Waals surface area contributed by atoms with E-state index in [9.17, 15) is 0 Å². The lowest BCUT2D eigenvalue weighted by atomic mass is 9.87. The number of rotatable bonds is 10. The van der Waals surface area contributed by atoms with Crippen LogP contribution < -0.4 is 14.6 Å². The molecule has 296 valence electrons. The third-order valence-corrected chi connectivity index (χ3v) is 18.2. The molecule has 57 heavy (non-hydrogen) atoms. The number of hydrogen-bond acceptors (Lipinski definition) is 3. The van der Waals surface area contributed by atoms with Crippen LogP contribution in [0.4, 0.5) is 11.4 Å². The maximum Gasteiger partial charge on any atom is 0.218 e. The van der Waals surface area contributed by atoms with E-state index in [-0.39, 0.29) is 0 Å². The maximum absolute atomic E-state index is 4.35. The minimum absolute atomic E-state index is 1.22. The van der Waals surface area contributed by atoms with Crippen LogP contribution in [0.3, 0.4) is 0 Å². The van der Waals surface area contributed by atoms with Gasteiger partial charge in [0, 0.05) is 33.6 Å². The Bertz CT molecular complexity index is 2100. The molecule has 0 saturated heterocycles. The summed E-state index contributed by atoms with van der Waals surface area (Å²) in [5, 5.41) is 0. The van der Waals surface area contributed by atoms with Crippen molar-refractivity contribution in [2.75, 3.05) is 9.96 Å². The van der Waals surface area contributed by atoms with Crippen LogP contribution >= 0.6 is 0 Å². The topological polar surface area (TPSA) is 36.1 Å². The maximum atomic E-state index is 4.35. The Morgan fingerprint density at radius 1 is 0.316 bits per heavy atom. The summed E-state index contributed by atoms with van der Waals surface area (Å²) in [4.78, 5) is 8.59. The van der Waals surface area contributed by atoms with E-state index in [1.807, 2.05) is 0 Å². The monoisotopic (exact) mass is 787 g/mol. The number of benzene rings is 6. The van der Waals surface area contributed by atoms with Crippen molar-refractivity contribution in [1.29, 1.82) is 0 Å². The van der Waals surface area contributed by atoms with Gasteiger partial charge >= 0.3 is 0 Å². The largest absolute Gasteiger partial charge is 0.398 e. The summed E-state index contributed by atoms with van der Waals surface area (Å²) in [6.45, 7) is 36.6. The average Bonchev–Trinajstić information content (AvgIpc) is 3.04. The van der Waals surface area contributed by atoms with Crippen molar-refractivity contribution in [3.05, 3.63) is 152 Å². The molecular formula is C52H65N3Si2. The summed E-state index contributed by atoms with van der Waals surface area (Å²) < 4.78 is 4.35. The van der Waals surface area contributed by atoms with Crippen molar-refractivity contribution in [3.63, 3.8) is 0 Å². The van der Waals surface area contributed by atoms with E-state index in [1.54, 1.807) is 0 Å². The van der Waals surface area contributed by atoms with Crippen molar-refractivity contribution in [3.8, 4) is 44.5 Å². The first kappa shape index (κ1) is 41.9. The number of nitrogens with one attached hydrogen (secondary N) is 3. The molecule has 0 aliphatic carbocycles. The van der Waals surface area contributed by atoms with Crippen LogP contribution in [0.5, 0.6) is 0 Å². The summed E-state index contributed by atoms with van der Waals surface area (Å²) in [6, 6.07) is 32.4. The molecule has 0 atom stereocenters. The molecule has 0 aliphatic heterocycles.